The SMILES string of the molecule is CC(C)(C=O)n1cnc(N)c1. The maximum Gasteiger partial charge on any atom is 0.145 e. The minimum absolute atomic E-state index is 0.430. The Labute approximate surface area is 65.0 Å². The molecule has 0 bridgehead atoms. The highest BCUT2D eigenvalue weighted by Crippen LogP contribution is 2.12. The summed E-state index contributed by atoms with van der Waals surface area (Å²) < 4.78 is 1.68. The lowest BCUT2D eigenvalue weighted by Gasteiger charge is -2.17. The summed E-state index contributed by atoms with van der Waals surface area (Å²) in [5, 5.41) is 0. The van der Waals surface area contributed by atoms with Crippen molar-refractivity contribution in [2.75, 3.05) is 5.73 Å². The molecule has 0 unspecified atom stereocenters. The quantitative estimate of drug-likeness (QED) is 0.625. The van der Waals surface area contributed by atoms with E-state index in [0.717, 1.165) is 6.29 Å². The highest BCUT2D eigenvalue weighted by atomic mass is 16.1. The maximum absolute atomic E-state index is 10.5. The third-order valence-corrected chi connectivity index (χ3v) is 1.56. The lowest BCUT2D eigenvalue weighted by molar-refractivity contribution is -0.113. The third kappa shape index (κ3) is 1.39. The van der Waals surface area contributed by atoms with Crippen LogP contribution >= 0.6 is 0 Å². The molecule has 0 aliphatic rings. The standard InChI is InChI=1S/C7H11N3O/c1-7(2,4-11)10-3-6(8)9-5-10/h3-5H,8H2,1-2H3. The van der Waals surface area contributed by atoms with E-state index in [9.17, 15) is 4.79 Å². The van der Waals surface area contributed by atoms with Gasteiger partial charge in [0, 0.05) is 6.20 Å². The first-order valence-corrected chi connectivity index (χ1v) is 3.32. The number of hydrogen-bond donors (Lipinski definition) is 1. The fourth-order valence-electron chi connectivity index (χ4n) is 0.714. The van der Waals surface area contributed by atoms with Gasteiger partial charge < -0.3 is 15.1 Å². The number of hydrogen-bond acceptors (Lipinski definition) is 3. The Kier molecular flexibility index (Phi) is 1.68. The zero-order chi connectivity index (χ0) is 8.48. The number of aldehydes is 1. The Bertz CT molecular complexity index is 264. The summed E-state index contributed by atoms with van der Waals surface area (Å²) >= 11 is 0. The summed E-state index contributed by atoms with van der Waals surface area (Å²) in [6.45, 7) is 3.59. The summed E-state index contributed by atoms with van der Waals surface area (Å²) in [5.41, 5.74) is 4.83. The van der Waals surface area contributed by atoms with Crippen LogP contribution in [0.25, 0.3) is 0 Å². The van der Waals surface area contributed by atoms with Crippen LogP contribution in [0.3, 0.4) is 0 Å². The number of anilines is 1. The highest BCUT2D eigenvalue weighted by molar-refractivity contribution is 5.60. The van der Waals surface area contributed by atoms with Gasteiger partial charge in [-0.3, -0.25) is 0 Å². The predicted octanol–water partition coefficient (Wildman–Crippen LogP) is 0.399. The minimum atomic E-state index is -0.551. The van der Waals surface area contributed by atoms with E-state index < -0.39 is 5.54 Å². The van der Waals surface area contributed by atoms with Crippen LogP contribution in [0.5, 0.6) is 0 Å². The van der Waals surface area contributed by atoms with Gasteiger partial charge in [0.1, 0.15) is 12.1 Å². The van der Waals surface area contributed by atoms with Gasteiger partial charge in [-0.2, -0.15) is 0 Å². The van der Waals surface area contributed by atoms with Crippen LogP contribution in [-0.4, -0.2) is 15.8 Å². The molecular formula is C7H11N3O. The van der Waals surface area contributed by atoms with Gasteiger partial charge in [-0.1, -0.05) is 0 Å². The molecule has 1 aromatic rings. The van der Waals surface area contributed by atoms with Crippen molar-refractivity contribution in [3.8, 4) is 0 Å². The van der Waals surface area contributed by atoms with Gasteiger partial charge in [-0.15, -0.1) is 0 Å². The topological polar surface area (TPSA) is 60.9 Å². The predicted molar refractivity (Wildman–Crippen MR) is 42.0 cm³/mol. The average molecular weight is 153 g/mol. The van der Waals surface area contributed by atoms with Crippen molar-refractivity contribution < 1.29 is 4.79 Å². The molecule has 4 heteroatoms. The molecular weight excluding hydrogens is 142 g/mol. The molecule has 0 aromatic carbocycles. The Balaban J connectivity index is 3.01. The van der Waals surface area contributed by atoms with E-state index in [1.807, 2.05) is 0 Å². The second kappa shape index (κ2) is 2.38. The summed E-state index contributed by atoms with van der Waals surface area (Å²) in [6.07, 6.45) is 4.03. The number of aromatic nitrogens is 2. The Hall–Kier alpha value is -1.32. The fourth-order valence-corrected chi connectivity index (χ4v) is 0.714. The molecule has 60 valence electrons. The number of rotatable bonds is 2. The van der Waals surface area contributed by atoms with E-state index in [2.05, 4.69) is 4.98 Å². The Morgan fingerprint density at radius 1 is 1.73 bits per heavy atom. The number of nitrogen functional groups attached to an aromatic ring is 1. The number of nitrogens with two attached hydrogens (primary N) is 1. The zero-order valence-electron chi connectivity index (χ0n) is 6.61. The van der Waals surface area contributed by atoms with Crippen LogP contribution < -0.4 is 5.73 Å². The average Bonchev–Trinajstić information content (AvgIpc) is 2.36. The van der Waals surface area contributed by atoms with Crippen molar-refractivity contribution in [3.63, 3.8) is 0 Å². The summed E-state index contributed by atoms with van der Waals surface area (Å²) in [5.74, 6) is 0.430. The first-order chi connectivity index (χ1) is 5.06. The van der Waals surface area contributed by atoms with E-state index in [-0.39, 0.29) is 0 Å². The van der Waals surface area contributed by atoms with Crippen LogP contribution in [0.2, 0.25) is 0 Å². The van der Waals surface area contributed by atoms with Crippen molar-refractivity contribution >= 4 is 12.1 Å². The Morgan fingerprint density at radius 2 is 2.36 bits per heavy atom. The van der Waals surface area contributed by atoms with Gasteiger partial charge >= 0.3 is 0 Å². The number of carbonyl (C=O) groups is 1. The number of carbonyl (C=O) groups excluding carboxylic acids is 1. The molecule has 1 aromatic heterocycles. The zero-order valence-corrected chi connectivity index (χ0v) is 6.61. The Morgan fingerprint density at radius 3 is 2.73 bits per heavy atom. The molecule has 1 rings (SSSR count). The first kappa shape index (κ1) is 7.78. The smallest absolute Gasteiger partial charge is 0.145 e. The van der Waals surface area contributed by atoms with E-state index in [4.69, 9.17) is 5.73 Å². The number of nitrogens with zero attached hydrogens (tertiary/aromatic N) is 2. The second-order valence-electron chi connectivity index (χ2n) is 2.98. The van der Waals surface area contributed by atoms with Gasteiger partial charge in [0.05, 0.1) is 11.9 Å². The van der Waals surface area contributed by atoms with Gasteiger partial charge in [-0.25, -0.2) is 4.98 Å². The molecule has 0 saturated heterocycles. The fraction of sp³-hybridized carbons (Fsp3) is 0.429. The van der Waals surface area contributed by atoms with Gasteiger partial charge in [0.25, 0.3) is 0 Å². The molecule has 0 aliphatic carbocycles. The van der Waals surface area contributed by atoms with Gasteiger partial charge in [0.2, 0.25) is 0 Å². The van der Waals surface area contributed by atoms with Crippen molar-refractivity contribution in [1.82, 2.24) is 9.55 Å². The molecule has 11 heavy (non-hydrogen) atoms. The van der Waals surface area contributed by atoms with Gasteiger partial charge in [0.15, 0.2) is 0 Å². The lowest BCUT2D eigenvalue weighted by Crippen LogP contribution is -2.26. The minimum Gasteiger partial charge on any atom is -0.382 e. The third-order valence-electron chi connectivity index (χ3n) is 1.56. The summed E-state index contributed by atoms with van der Waals surface area (Å²) in [6, 6.07) is 0. The largest absolute Gasteiger partial charge is 0.382 e. The van der Waals surface area contributed by atoms with E-state index >= 15 is 0 Å². The maximum atomic E-state index is 10.5. The van der Waals surface area contributed by atoms with E-state index in [1.54, 1.807) is 30.9 Å². The van der Waals surface area contributed by atoms with Crippen molar-refractivity contribution in [3.05, 3.63) is 12.5 Å². The second-order valence-corrected chi connectivity index (χ2v) is 2.98. The van der Waals surface area contributed by atoms with E-state index in [1.165, 1.54) is 0 Å². The van der Waals surface area contributed by atoms with Crippen molar-refractivity contribution in [1.29, 1.82) is 0 Å². The molecule has 4 nitrogen and oxygen atoms in total. The molecule has 0 fully saturated rings. The van der Waals surface area contributed by atoms with Crippen LogP contribution in [0.4, 0.5) is 5.82 Å². The van der Waals surface area contributed by atoms with Crippen molar-refractivity contribution in [2.24, 2.45) is 0 Å². The van der Waals surface area contributed by atoms with Crippen LogP contribution in [0.1, 0.15) is 13.8 Å². The van der Waals surface area contributed by atoms with Crippen LogP contribution in [-0.2, 0) is 10.3 Å². The lowest BCUT2D eigenvalue weighted by atomic mass is 10.1. The molecule has 0 saturated carbocycles. The molecule has 0 aliphatic heterocycles. The molecule has 0 radical (unpaired) electrons. The normalized spacial score (nSPS) is 11.5. The van der Waals surface area contributed by atoms with Gasteiger partial charge in [-0.05, 0) is 13.8 Å². The molecule has 2 N–H and O–H groups in total. The molecule has 0 amide bonds. The first-order valence-electron chi connectivity index (χ1n) is 3.32. The summed E-state index contributed by atoms with van der Waals surface area (Å²) in [7, 11) is 0. The van der Waals surface area contributed by atoms with Crippen LogP contribution in [0.15, 0.2) is 12.5 Å². The highest BCUT2D eigenvalue weighted by Gasteiger charge is 2.18. The van der Waals surface area contributed by atoms with Crippen molar-refractivity contribution in [2.45, 2.75) is 19.4 Å². The molecule has 0 atom stereocenters. The monoisotopic (exact) mass is 153 g/mol. The molecule has 0 spiro atoms. The number of imidazole rings is 1. The molecule has 1 heterocycles. The van der Waals surface area contributed by atoms with Crippen LogP contribution in [0, 0.1) is 0 Å². The van der Waals surface area contributed by atoms with E-state index in [0.29, 0.717) is 5.82 Å². The summed E-state index contributed by atoms with van der Waals surface area (Å²) in [4.78, 5) is 14.4.